The molecule has 4 aliphatic rings. The van der Waals surface area contributed by atoms with Gasteiger partial charge < -0.3 is 15.6 Å². The van der Waals surface area contributed by atoms with E-state index in [9.17, 15) is 9.90 Å². The van der Waals surface area contributed by atoms with Gasteiger partial charge in [-0.3, -0.25) is 4.79 Å². The SMILES string of the molecule is CCOC[C@@]1(O)CC[C@H]2C(CC[C@@H]3[C@@H]2CC[C@]2(C)[C@@H](C(=O)CN(N)/N=C(/C)N)CC[C@@H]32)C1. The van der Waals surface area contributed by atoms with Crippen LogP contribution in [0.5, 0.6) is 0 Å². The number of hydrazone groups is 1. The third-order valence-electron chi connectivity index (χ3n) is 9.67. The van der Waals surface area contributed by atoms with Crippen LogP contribution >= 0.6 is 0 Å². The number of ether oxygens (including phenoxy) is 1. The van der Waals surface area contributed by atoms with E-state index in [4.69, 9.17) is 16.3 Å². The number of amidine groups is 1. The number of aliphatic hydroxyl groups is 1. The topological polar surface area (TPSA) is 114 Å². The summed E-state index contributed by atoms with van der Waals surface area (Å²) in [5.41, 5.74) is 5.07. The second-order valence-electron chi connectivity index (χ2n) is 11.5. The molecule has 5 N–H and O–H groups in total. The van der Waals surface area contributed by atoms with Gasteiger partial charge in [-0.2, -0.15) is 0 Å². The van der Waals surface area contributed by atoms with Gasteiger partial charge in [-0.15, -0.1) is 5.10 Å². The average Bonchev–Trinajstić information content (AvgIpc) is 3.08. The van der Waals surface area contributed by atoms with E-state index < -0.39 is 5.60 Å². The highest BCUT2D eigenvalue weighted by Gasteiger charge is 2.59. The molecule has 4 rings (SSSR count). The van der Waals surface area contributed by atoms with Gasteiger partial charge in [-0.1, -0.05) is 6.92 Å². The van der Waals surface area contributed by atoms with E-state index >= 15 is 0 Å². The van der Waals surface area contributed by atoms with Crippen molar-refractivity contribution in [2.24, 2.45) is 57.6 Å². The largest absolute Gasteiger partial charge is 0.387 e. The van der Waals surface area contributed by atoms with Crippen molar-refractivity contribution in [2.45, 2.75) is 84.2 Å². The first-order valence-electron chi connectivity index (χ1n) is 12.8. The lowest BCUT2D eigenvalue weighted by molar-refractivity contribution is -0.138. The van der Waals surface area contributed by atoms with Gasteiger partial charge in [0.1, 0.15) is 12.4 Å². The van der Waals surface area contributed by atoms with Crippen LogP contribution < -0.4 is 11.6 Å². The zero-order valence-electron chi connectivity index (χ0n) is 20.3. The monoisotopic (exact) mass is 448 g/mol. The second kappa shape index (κ2) is 9.22. The Labute approximate surface area is 193 Å². The van der Waals surface area contributed by atoms with Crippen molar-refractivity contribution in [1.82, 2.24) is 5.12 Å². The van der Waals surface area contributed by atoms with Crippen molar-refractivity contribution in [3.63, 3.8) is 0 Å². The normalized spacial score (nSPS) is 43.8. The summed E-state index contributed by atoms with van der Waals surface area (Å²) in [6, 6.07) is 0. The number of hydrogen-bond donors (Lipinski definition) is 3. The molecular formula is C25H44N4O3. The van der Waals surface area contributed by atoms with Crippen molar-refractivity contribution in [1.29, 1.82) is 0 Å². The van der Waals surface area contributed by atoms with Crippen LogP contribution in [0.2, 0.25) is 0 Å². The maximum absolute atomic E-state index is 13.2. The Balaban J connectivity index is 1.42. The molecule has 0 bridgehead atoms. The number of hydrazine groups is 1. The van der Waals surface area contributed by atoms with E-state index in [2.05, 4.69) is 12.0 Å². The lowest BCUT2D eigenvalue weighted by Gasteiger charge is -2.57. The molecule has 182 valence electrons. The van der Waals surface area contributed by atoms with Crippen molar-refractivity contribution >= 4 is 11.6 Å². The average molecular weight is 449 g/mol. The summed E-state index contributed by atoms with van der Waals surface area (Å²) in [5, 5.41) is 16.3. The number of ketones is 1. The van der Waals surface area contributed by atoms with Gasteiger partial charge in [0.25, 0.3) is 0 Å². The predicted molar refractivity (Wildman–Crippen MR) is 125 cm³/mol. The van der Waals surface area contributed by atoms with Crippen LogP contribution in [0.1, 0.15) is 78.6 Å². The van der Waals surface area contributed by atoms with Crippen LogP contribution in [0.15, 0.2) is 5.10 Å². The highest BCUT2D eigenvalue weighted by Crippen LogP contribution is 2.64. The van der Waals surface area contributed by atoms with Gasteiger partial charge in [0.05, 0.1) is 12.2 Å². The molecule has 4 aliphatic carbocycles. The van der Waals surface area contributed by atoms with Gasteiger partial charge in [0.15, 0.2) is 5.78 Å². The molecule has 0 aromatic heterocycles. The summed E-state index contributed by atoms with van der Waals surface area (Å²) in [4.78, 5) is 13.2. The molecule has 0 aromatic rings. The zero-order chi connectivity index (χ0) is 23.1. The van der Waals surface area contributed by atoms with Crippen molar-refractivity contribution in [3.8, 4) is 0 Å². The first kappa shape index (κ1) is 24.0. The van der Waals surface area contributed by atoms with Gasteiger partial charge >= 0.3 is 0 Å². The number of fused-ring (bicyclic) bond motifs is 5. The molecule has 0 aliphatic heterocycles. The summed E-state index contributed by atoms with van der Waals surface area (Å²) in [6.07, 6.45) is 9.84. The number of hydrogen-bond acceptors (Lipinski definition) is 6. The molecule has 0 spiro atoms. The Kier molecular flexibility index (Phi) is 6.91. The number of nitrogens with two attached hydrogens (primary N) is 2. The molecule has 0 radical (unpaired) electrons. The number of nitrogens with zero attached hydrogens (tertiary/aromatic N) is 2. The predicted octanol–water partition coefficient (Wildman–Crippen LogP) is 3.06. The number of rotatable bonds is 7. The quantitative estimate of drug-likeness (QED) is 0.239. The van der Waals surface area contributed by atoms with E-state index in [1.165, 1.54) is 24.4 Å². The maximum atomic E-state index is 13.2. The number of Topliss-reactive ketones (excluding diaryl/α,β-unsaturated/α-hetero) is 1. The molecule has 0 heterocycles. The van der Waals surface area contributed by atoms with E-state index in [0.29, 0.717) is 30.9 Å². The second-order valence-corrected chi connectivity index (χ2v) is 11.5. The lowest BCUT2D eigenvalue weighted by Crippen LogP contribution is -2.52. The fourth-order valence-corrected chi connectivity index (χ4v) is 8.42. The van der Waals surface area contributed by atoms with Crippen LogP contribution in [0.25, 0.3) is 0 Å². The maximum Gasteiger partial charge on any atom is 0.159 e. The minimum atomic E-state index is -0.628. The van der Waals surface area contributed by atoms with E-state index in [1.54, 1.807) is 6.92 Å². The van der Waals surface area contributed by atoms with E-state index in [1.807, 2.05) is 6.92 Å². The molecule has 7 heteroatoms. The molecule has 0 aromatic carbocycles. The minimum absolute atomic E-state index is 0.0770. The van der Waals surface area contributed by atoms with Crippen LogP contribution in [-0.4, -0.2) is 47.2 Å². The Morgan fingerprint density at radius 3 is 2.59 bits per heavy atom. The van der Waals surface area contributed by atoms with Crippen molar-refractivity contribution in [2.75, 3.05) is 19.8 Å². The molecule has 4 fully saturated rings. The fourth-order valence-electron chi connectivity index (χ4n) is 8.42. The summed E-state index contributed by atoms with van der Waals surface area (Å²) in [7, 11) is 0. The Morgan fingerprint density at radius 2 is 1.88 bits per heavy atom. The summed E-state index contributed by atoms with van der Waals surface area (Å²) in [5.74, 6) is 10.0. The van der Waals surface area contributed by atoms with Gasteiger partial charge in [-0.25, -0.2) is 11.0 Å². The first-order valence-corrected chi connectivity index (χ1v) is 12.8. The van der Waals surface area contributed by atoms with Gasteiger partial charge in [-0.05, 0) is 107 Å². The van der Waals surface area contributed by atoms with Crippen LogP contribution in [-0.2, 0) is 9.53 Å². The lowest BCUT2D eigenvalue weighted by atomic mass is 9.49. The minimum Gasteiger partial charge on any atom is -0.387 e. The molecule has 1 unspecified atom stereocenters. The smallest absolute Gasteiger partial charge is 0.159 e. The molecule has 4 saturated carbocycles. The van der Waals surface area contributed by atoms with E-state index in [0.717, 1.165) is 56.3 Å². The third kappa shape index (κ3) is 4.45. The standard InChI is InChI=1S/C25H44N4O3/c1-4-32-15-25(31)12-10-18-17(13-25)5-6-20-19(18)9-11-24(3)21(20)7-8-22(24)23(30)14-29(27)28-16(2)26/h17-22,31H,4-15,27H2,1-3H3,(H2,26,28)/t17?,18-,19+,20+,21-,22+,24-,25+/m0/s1. The van der Waals surface area contributed by atoms with Crippen molar-refractivity contribution in [3.05, 3.63) is 0 Å². The highest BCUT2D eigenvalue weighted by molar-refractivity contribution is 5.84. The van der Waals surface area contributed by atoms with Crippen LogP contribution in [0.4, 0.5) is 0 Å². The third-order valence-corrected chi connectivity index (χ3v) is 9.67. The first-order chi connectivity index (χ1) is 15.2. The molecule has 7 nitrogen and oxygen atoms in total. The fraction of sp³-hybridized carbons (Fsp3) is 0.920. The van der Waals surface area contributed by atoms with E-state index in [-0.39, 0.29) is 23.7 Å². The summed E-state index contributed by atoms with van der Waals surface area (Å²) in [6.45, 7) is 7.33. The number of carbonyl (C=O) groups is 1. The number of carbonyl (C=O) groups excluding carboxylic acids is 1. The summed E-state index contributed by atoms with van der Waals surface area (Å²) >= 11 is 0. The molecule has 8 atom stereocenters. The van der Waals surface area contributed by atoms with Crippen LogP contribution in [0.3, 0.4) is 0 Å². The van der Waals surface area contributed by atoms with Crippen LogP contribution in [0, 0.1) is 40.9 Å². The molecule has 32 heavy (non-hydrogen) atoms. The molecule has 0 amide bonds. The van der Waals surface area contributed by atoms with Gasteiger partial charge in [0, 0.05) is 12.5 Å². The Morgan fingerprint density at radius 1 is 1.12 bits per heavy atom. The Bertz CT molecular complexity index is 726. The molecular weight excluding hydrogens is 404 g/mol. The summed E-state index contributed by atoms with van der Waals surface area (Å²) < 4.78 is 5.61. The highest BCUT2D eigenvalue weighted by atomic mass is 16.5. The zero-order valence-corrected chi connectivity index (χ0v) is 20.3. The molecule has 0 saturated heterocycles. The van der Waals surface area contributed by atoms with Gasteiger partial charge in [0.2, 0.25) is 0 Å². The Hall–Kier alpha value is -1.18. The van der Waals surface area contributed by atoms with Crippen molar-refractivity contribution < 1.29 is 14.6 Å².